The second-order valence-electron chi connectivity index (χ2n) is 4.73. The van der Waals surface area contributed by atoms with Crippen LogP contribution < -0.4 is 16.4 Å². The van der Waals surface area contributed by atoms with E-state index in [-0.39, 0.29) is 6.03 Å². The number of carbonyl (C=O) groups excluding carboxylic acids is 1. The van der Waals surface area contributed by atoms with Crippen molar-refractivity contribution in [2.24, 2.45) is 0 Å². The first-order valence-electron chi connectivity index (χ1n) is 6.60. The number of rotatable bonds is 2. The number of fused-ring (bicyclic) bond motifs is 1. The van der Waals surface area contributed by atoms with Crippen LogP contribution in [0.15, 0.2) is 42.7 Å². The number of carbonyl (C=O) groups is 1. The molecule has 2 aromatic heterocycles. The number of nitrogens with one attached hydrogen (secondary N) is 2. The van der Waals surface area contributed by atoms with Crippen LogP contribution in [0, 0.1) is 0 Å². The van der Waals surface area contributed by atoms with E-state index in [2.05, 4.69) is 15.6 Å². The van der Waals surface area contributed by atoms with Gasteiger partial charge in [-0.3, -0.25) is 4.57 Å². The third-order valence-corrected chi connectivity index (χ3v) is 3.58. The van der Waals surface area contributed by atoms with Crippen LogP contribution in [0.4, 0.5) is 22.0 Å². The number of hydrogen-bond acceptors (Lipinski definition) is 4. The lowest BCUT2D eigenvalue weighted by molar-refractivity contribution is 0.245. The molecule has 0 saturated heterocycles. The molecule has 0 radical (unpaired) electrons. The summed E-state index contributed by atoms with van der Waals surface area (Å²) < 4.78 is 1.51. The fraction of sp³-hybridized carbons (Fsp3) is 0.0667. The zero-order valence-electron chi connectivity index (χ0n) is 11.8. The molecule has 7 heteroatoms. The van der Waals surface area contributed by atoms with Gasteiger partial charge in [0.05, 0.1) is 16.2 Å². The molecule has 0 aliphatic carbocycles. The average Bonchev–Trinajstić information content (AvgIpc) is 2.89. The standard InChI is InChI=1S/C15H14ClN5O/c1-18-15(22)21-5-3-9-6-12(11(16)8-13(9)21)20-10-2-4-19-14(17)7-10/h2-8H,1H3,(H,18,22)(H3,17,19,20). The van der Waals surface area contributed by atoms with Crippen molar-refractivity contribution in [3.8, 4) is 0 Å². The summed E-state index contributed by atoms with van der Waals surface area (Å²) in [6.45, 7) is 0. The minimum absolute atomic E-state index is 0.214. The lowest BCUT2D eigenvalue weighted by Gasteiger charge is -2.10. The van der Waals surface area contributed by atoms with E-state index < -0.39 is 0 Å². The minimum atomic E-state index is -0.214. The fourth-order valence-corrected chi connectivity index (χ4v) is 2.44. The van der Waals surface area contributed by atoms with Gasteiger partial charge in [0.2, 0.25) is 0 Å². The number of nitrogen functional groups attached to an aromatic ring is 1. The Bertz CT molecular complexity index is 858. The molecule has 0 bridgehead atoms. The maximum Gasteiger partial charge on any atom is 0.325 e. The molecule has 1 aromatic carbocycles. The van der Waals surface area contributed by atoms with Crippen molar-refractivity contribution in [1.29, 1.82) is 0 Å². The Kier molecular flexibility index (Phi) is 3.60. The topological polar surface area (TPSA) is 85.0 Å². The SMILES string of the molecule is CNC(=O)n1ccc2cc(Nc3ccnc(N)c3)c(Cl)cc21. The Morgan fingerprint density at radius 1 is 1.32 bits per heavy atom. The van der Waals surface area contributed by atoms with E-state index in [4.69, 9.17) is 17.3 Å². The summed E-state index contributed by atoms with van der Waals surface area (Å²) >= 11 is 6.32. The summed E-state index contributed by atoms with van der Waals surface area (Å²) in [5.74, 6) is 0.424. The van der Waals surface area contributed by atoms with Crippen LogP contribution in [0.2, 0.25) is 5.02 Å². The van der Waals surface area contributed by atoms with E-state index in [0.29, 0.717) is 10.8 Å². The second kappa shape index (κ2) is 5.57. The molecule has 3 rings (SSSR count). The Labute approximate surface area is 131 Å². The van der Waals surface area contributed by atoms with Gasteiger partial charge in [0.15, 0.2) is 0 Å². The lowest BCUT2D eigenvalue weighted by Crippen LogP contribution is -2.23. The second-order valence-corrected chi connectivity index (χ2v) is 5.13. The quantitative estimate of drug-likeness (QED) is 0.678. The highest BCUT2D eigenvalue weighted by atomic mass is 35.5. The van der Waals surface area contributed by atoms with E-state index in [9.17, 15) is 4.79 Å². The van der Waals surface area contributed by atoms with Gasteiger partial charge in [-0.2, -0.15) is 0 Å². The Balaban J connectivity index is 2.01. The van der Waals surface area contributed by atoms with E-state index >= 15 is 0 Å². The number of pyridine rings is 1. The predicted octanol–water partition coefficient (Wildman–Crippen LogP) is 3.20. The Morgan fingerprint density at radius 2 is 2.14 bits per heavy atom. The normalized spacial score (nSPS) is 10.6. The van der Waals surface area contributed by atoms with Crippen LogP contribution in [-0.4, -0.2) is 22.6 Å². The molecule has 3 aromatic rings. The Morgan fingerprint density at radius 3 is 2.86 bits per heavy atom. The summed E-state index contributed by atoms with van der Waals surface area (Å²) in [5.41, 5.74) is 7.92. The number of amides is 1. The zero-order valence-corrected chi connectivity index (χ0v) is 12.6. The van der Waals surface area contributed by atoms with Gasteiger partial charge in [-0.05, 0) is 24.3 Å². The van der Waals surface area contributed by atoms with Gasteiger partial charge in [0, 0.05) is 36.6 Å². The highest BCUT2D eigenvalue weighted by Gasteiger charge is 2.11. The zero-order chi connectivity index (χ0) is 15.7. The summed E-state index contributed by atoms with van der Waals surface area (Å²) in [5, 5.41) is 7.19. The number of nitrogens with zero attached hydrogens (tertiary/aromatic N) is 2. The molecule has 22 heavy (non-hydrogen) atoms. The molecule has 4 N–H and O–H groups in total. The van der Waals surface area contributed by atoms with Gasteiger partial charge in [-0.25, -0.2) is 9.78 Å². The summed E-state index contributed by atoms with van der Waals surface area (Å²) in [6.07, 6.45) is 3.32. The maximum absolute atomic E-state index is 11.8. The van der Waals surface area contributed by atoms with Crippen LogP contribution >= 0.6 is 11.6 Å². The van der Waals surface area contributed by atoms with Crippen molar-refractivity contribution >= 4 is 45.7 Å². The first kappa shape index (κ1) is 14.2. The van der Waals surface area contributed by atoms with Crippen LogP contribution in [-0.2, 0) is 0 Å². The van der Waals surface area contributed by atoms with Crippen LogP contribution in [0.25, 0.3) is 10.9 Å². The van der Waals surface area contributed by atoms with Crippen molar-refractivity contribution in [2.45, 2.75) is 0 Å². The molecule has 112 valence electrons. The molecule has 0 aliphatic heterocycles. The Hall–Kier alpha value is -2.73. The van der Waals surface area contributed by atoms with Gasteiger partial charge in [0.25, 0.3) is 0 Å². The van der Waals surface area contributed by atoms with Gasteiger partial charge in [0.1, 0.15) is 5.82 Å². The van der Waals surface area contributed by atoms with Crippen LogP contribution in [0.3, 0.4) is 0 Å². The number of halogens is 1. The highest BCUT2D eigenvalue weighted by Crippen LogP contribution is 2.31. The monoisotopic (exact) mass is 315 g/mol. The number of nitrogens with two attached hydrogens (primary N) is 1. The van der Waals surface area contributed by atoms with Crippen LogP contribution in [0.1, 0.15) is 0 Å². The maximum atomic E-state index is 11.8. The van der Waals surface area contributed by atoms with E-state index in [1.54, 1.807) is 37.6 Å². The van der Waals surface area contributed by atoms with Gasteiger partial charge < -0.3 is 16.4 Å². The fourth-order valence-electron chi connectivity index (χ4n) is 2.23. The molecule has 0 atom stereocenters. The number of benzene rings is 1. The molecule has 0 spiro atoms. The van der Waals surface area contributed by atoms with Crippen molar-refractivity contribution in [3.63, 3.8) is 0 Å². The van der Waals surface area contributed by atoms with Gasteiger partial charge >= 0.3 is 6.03 Å². The molecular weight excluding hydrogens is 302 g/mol. The average molecular weight is 316 g/mol. The summed E-state index contributed by atoms with van der Waals surface area (Å²) in [4.78, 5) is 15.7. The summed E-state index contributed by atoms with van der Waals surface area (Å²) in [6, 6.07) is 8.79. The lowest BCUT2D eigenvalue weighted by atomic mass is 10.2. The summed E-state index contributed by atoms with van der Waals surface area (Å²) in [7, 11) is 1.58. The van der Waals surface area contributed by atoms with Crippen molar-refractivity contribution < 1.29 is 4.79 Å². The largest absolute Gasteiger partial charge is 0.384 e. The van der Waals surface area contributed by atoms with Crippen molar-refractivity contribution in [2.75, 3.05) is 18.1 Å². The van der Waals surface area contributed by atoms with Gasteiger partial charge in [-0.15, -0.1) is 0 Å². The molecule has 1 amide bonds. The van der Waals surface area contributed by atoms with Crippen molar-refractivity contribution in [3.05, 3.63) is 47.7 Å². The highest BCUT2D eigenvalue weighted by molar-refractivity contribution is 6.34. The van der Waals surface area contributed by atoms with E-state index in [1.807, 2.05) is 12.1 Å². The van der Waals surface area contributed by atoms with Crippen molar-refractivity contribution in [1.82, 2.24) is 14.9 Å². The number of anilines is 3. The first-order chi connectivity index (χ1) is 10.6. The van der Waals surface area contributed by atoms with Gasteiger partial charge in [-0.1, -0.05) is 11.6 Å². The number of hydrogen-bond donors (Lipinski definition) is 3. The smallest absolute Gasteiger partial charge is 0.325 e. The first-order valence-corrected chi connectivity index (χ1v) is 6.97. The third-order valence-electron chi connectivity index (χ3n) is 3.27. The third kappa shape index (κ3) is 2.56. The van der Waals surface area contributed by atoms with Crippen LogP contribution in [0.5, 0.6) is 0 Å². The van der Waals surface area contributed by atoms with E-state index in [0.717, 1.165) is 22.3 Å². The molecule has 0 saturated carbocycles. The minimum Gasteiger partial charge on any atom is -0.384 e. The molecule has 0 aliphatic rings. The van der Waals surface area contributed by atoms with E-state index in [1.165, 1.54) is 4.57 Å². The molecular formula is C15H14ClN5O. The molecule has 2 heterocycles. The molecule has 0 unspecified atom stereocenters. The number of aromatic nitrogens is 2. The molecule has 0 fully saturated rings. The predicted molar refractivity (Wildman–Crippen MR) is 88.7 cm³/mol. The molecule has 6 nitrogen and oxygen atoms in total.